The SMILES string of the molecule is COC(=O)c1ccc(C2CC3(CCN2Cc2c(OC)cc(C)c4c2ccn4C(=O)OC(C)(C)C)CC(F)(F)C3)cc1NC(=O)OCc1ccccc1. The molecule has 1 amide bonds. The molecule has 1 N–H and O–H groups in total. The standard InChI is InChI=1S/C40H45F2N3O7/c1-25-18-33(49-5)30(28-14-16-45(34(25)28)37(48)52-38(2,3)4)21-44-17-15-39(23-40(41,42)24-39)20-32(44)27-12-13-29(35(46)50-6)31(19-27)43-36(47)51-22-26-10-8-7-9-11-26/h7-14,16,18-19,32H,15,17,20-24H2,1-6H3,(H,43,47). The van der Waals surface area contributed by atoms with Gasteiger partial charge in [-0.3, -0.25) is 14.8 Å². The number of halogens is 2. The predicted octanol–water partition coefficient (Wildman–Crippen LogP) is 9.03. The number of methoxy groups -OCH3 is 2. The van der Waals surface area contributed by atoms with Crippen LogP contribution in [0.1, 0.15) is 85.1 Å². The van der Waals surface area contributed by atoms with Crippen molar-refractivity contribution in [3.05, 3.63) is 94.7 Å². The highest BCUT2D eigenvalue weighted by Crippen LogP contribution is 2.60. The second kappa shape index (κ2) is 14.2. The van der Waals surface area contributed by atoms with E-state index < -0.39 is 35.1 Å². The Morgan fingerprint density at radius 1 is 1.00 bits per heavy atom. The number of ether oxygens (including phenoxy) is 4. The normalized spacial score (nSPS) is 18.0. The van der Waals surface area contributed by atoms with Crippen LogP contribution in [-0.4, -0.2) is 59.9 Å². The number of hydrogen-bond acceptors (Lipinski definition) is 8. The van der Waals surface area contributed by atoms with Gasteiger partial charge in [0.25, 0.3) is 0 Å². The van der Waals surface area contributed by atoms with Crippen LogP contribution >= 0.6 is 0 Å². The molecule has 2 heterocycles. The molecule has 2 aliphatic rings. The number of hydrogen-bond donors (Lipinski definition) is 1. The van der Waals surface area contributed by atoms with E-state index >= 15 is 0 Å². The van der Waals surface area contributed by atoms with Crippen molar-refractivity contribution >= 4 is 34.7 Å². The van der Waals surface area contributed by atoms with Gasteiger partial charge in [-0.2, -0.15) is 0 Å². The molecule has 0 bridgehead atoms. The highest BCUT2D eigenvalue weighted by Gasteiger charge is 2.58. The van der Waals surface area contributed by atoms with Crippen LogP contribution in [0, 0.1) is 12.3 Å². The maximum absolute atomic E-state index is 14.4. The molecule has 1 saturated carbocycles. The van der Waals surface area contributed by atoms with E-state index in [1.54, 1.807) is 31.5 Å². The number of fused-ring (bicyclic) bond motifs is 1. The van der Waals surface area contributed by atoms with E-state index in [-0.39, 0.29) is 36.7 Å². The summed E-state index contributed by atoms with van der Waals surface area (Å²) in [5, 5.41) is 3.52. The van der Waals surface area contributed by atoms with E-state index in [1.165, 1.54) is 11.7 Å². The summed E-state index contributed by atoms with van der Waals surface area (Å²) in [7, 11) is 2.84. The van der Waals surface area contributed by atoms with Gasteiger partial charge in [-0.15, -0.1) is 0 Å². The zero-order chi connectivity index (χ0) is 37.4. The maximum atomic E-state index is 14.4. The molecule has 0 radical (unpaired) electrons. The summed E-state index contributed by atoms with van der Waals surface area (Å²) in [4.78, 5) is 41.2. The third kappa shape index (κ3) is 7.77. The molecule has 1 unspecified atom stereocenters. The fourth-order valence-electron chi connectivity index (χ4n) is 7.67. The summed E-state index contributed by atoms with van der Waals surface area (Å²) in [5.74, 6) is -2.74. The molecule has 276 valence electrons. The first-order valence-electron chi connectivity index (χ1n) is 17.3. The number of carbonyl (C=O) groups is 3. The first-order chi connectivity index (χ1) is 24.6. The maximum Gasteiger partial charge on any atom is 0.419 e. The minimum Gasteiger partial charge on any atom is -0.496 e. The van der Waals surface area contributed by atoms with Crippen molar-refractivity contribution in [2.45, 2.75) is 84.1 Å². The van der Waals surface area contributed by atoms with Gasteiger partial charge in [0, 0.05) is 42.6 Å². The van der Waals surface area contributed by atoms with E-state index in [9.17, 15) is 23.2 Å². The number of alkyl halides is 2. The summed E-state index contributed by atoms with van der Waals surface area (Å²) in [6, 6.07) is 17.6. The van der Waals surface area contributed by atoms with Crippen LogP contribution in [-0.2, 0) is 27.4 Å². The molecule has 12 heteroatoms. The lowest BCUT2D eigenvalue weighted by Crippen LogP contribution is -2.53. The van der Waals surface area contributed by atoms with Gasteiger partial charge in [0.15, 0.2) is 0 Å². The number of anilines is 1. The Hall–Kier alpha value is -4.97. The molecule has 1 aliphatic heterocycles. The summed E-state index contributed by atoms with van der Waals surface area (Å²) in [5.41, 5.74) is 2.94. The number of piperidine rings is 1. The van der Waals surface area contributed by atoms with Gasteiger partial charge >= 0.3 is 18.2 Å². The molecule has 10 nitrogen and oxygen atoms in total. The molecule has 3 aromatic carbocycles. The van der Waals surface area contributed by atoms with Crippen molar-refractivity contribution in [2.24, 2.45) is 5.41 Å². The van der Waals surface area contributed by atoms with E-state index in [0.717, 1.165) is 27.6 Å². The summed E-state index contributed by atoms with van der Waals surface area (Å²) < 4.78 is 52.4. The molecular weight excluding hydrogens is 672 g/mol. The lowest BCUT2D eigenvalue weighted by molar-refractivity contribution is -0.186. The average Bonchev–Trinajstić information content (AvgIpc) is 3.54. The molecule has 1 aromatic heterocycles. The Morgan fingerprint density at radius 2 is 1.73 bits per heavy atom. The number of likely N-dealkylation sites (tertiary alicyclic amines) is 1. The Balaban J connectivity index is 1.36. The first-order valence-corrected chi connectivity index (χ1v) is 17.3. The van der Waals surface area contributed by atoms with E-state index in [1.807, 2.05) is 70.2 Å². The molecule has 2 fully saturated rings. The number of nitrogens with zero attached hydrogens (tertiary/aromatic N) is 2. The van der Waals surface area contributed by atoms with Gasteiger partial charge in [0.2, 0.25) is 5.92 Å². The molecule has 52 heavy (non-hydrogen) atoms. The number of esters is 1. The Kier molecular flexibility index (Phi) is 10.1. The second-order valence-corrected chi connectivity index (χ2v) is 14.9. The predicted molar refractivity (Wildman–Crippen MR) is 192 cm³/mol. The molecule has 6 rings (SSSR count). The van der Waals surface area contributed by atoms with Gasteiger partial charge in [-0.05, 0) is 93.5 Å². The first kappa shape index (κ1) is 36.8. The Morgan fingerprint density at radius 3 is 2.38 bits per heavy atom. The van der Waals surface area contributed by atoms with Crippen LogP contribution in [0.5, 0.6) is 5.75 Å². The summed E-state index contributed by atoms with van der Waals surface area (Å²) in [6.45, 7) is 8.24. The minimum atomic E-state index is -2.71. The van der Waals surface area contributed by atoms with Crippen molar-refractivity contribution in [3.63, 3.8) is 0 Å². The molecule has 1 spiro atoms. The summed E-state index contributed by atoms with van der Waals surface area (Å²) >= 11 is 0. The number of carbonyl (C=O) groups excluding carboxylic acids is 3. The number of aromatic nitrogens is 1. The fourth-order valence-corrected chi connectivity index (χ4v) is 7.67. The van der Waals surface area contributed by atoms with Crippen LogP contribution in [0.3, 0.4) is 0 Å². The molecule has 1 saturated heterocycles. The van der Waals surface area contributed by atoms with Gasteiger partial charge in [-0.25, -0.2) is 23.2 Å². The average molecular weight is 718 g/mol. The van der Waals surface area contributed by atoms with Gasteiger partial charge in [0.05, 0.1) is 31.0 Å². The number of nitrogens with one attached hydrogen (secondary N) is 1. The van der Waals surface area contributed by atoms with Gasteiger partial charge in [0.1, 0.15) is 18.0 Å². The van der Waals surface area contributed by atoms with Crippen LogP contribution in [0.15, 0.2) is 66.9 Å². The zero-order valence-electron chi connectivity index (χ0n) is 30.4. The van der Waals surface area contributed by atoms with Gasteiger partial charge < -0.3 is 18.9 Å². The molecule has 1 aliphatic carbocycles. The lowest BCUT2D eigenvalue weighted by Gasteiger charge is -2.54. The van der Waals surface area contributed by atoms with E-state index in [4.69, 9.17) is 18.9 Å². The second-order valence-electron chi connectivity index (χ2n) is 14.9. The van der Waals surface area contributed by atoms with Crippen LogP contribution in [0.25, 0.3) is 10.9 Å². The van der Waals surface area contributed by atoms with Crippen LogP contribution in [0.4, 0.5) is 24.1 Å². The number of aryl methyl sites for hydroxylation is 1. The third-order valence-corrected chi connectivity index (χ3v) is 9.95. The van der Waals surface area contributed by atoms with Crippen LogP contribution in [0.2, 0.25) is 0 Å². The zero-order valence-corrected chi connectivity index (χ0v) is 30.4. The monoisotopic (exact) mass is 717 g/mol. The third-order valence-electron chi connectivity index (χ3n) is 9.95. The minimum absolute atomic E-state index is 0.0234. The largest absolute Gasteiger partial charge is 0.496 e. The van der Waals surface area contributed by atoms with Crippen molar-refractivity contribution < 1.29 is 42.1 Å². The van der Waals surface area contributed by atoms with Gasteiger partial charge in [-0.1, -0.05) is 36.4 Å². The Labute approximate surface area is 302 Å². The van der Waals surface area contributed by atoms with Crippen molar-refractivity contribution in [1.29, 1.82) is 0 Å². The molecular formula is C40H45F2N3O7. The quantitative estimate of drug-likeness (QED) is 0.142. The highest BCUT2D eigenvalue weighted by atomic mass is 19.3. The molecule has 1 atom stereocenters. The number of rotatable bonds is 8. The topological polar surface area (TPSA) is 108 Å². The molecule has 4 aromatic rings. The van der Waals surface area contributed by atoms with Crippen molar-refractivity contribution in [2.75, 3.05) is 26.1 Å². The summed E-state index contributed by atoms with van der Waals surface area (Å²) in [6.07, 6.45) is 1.05. The number of amides is 1. The van der Waals surface area contributed by atoms with E-state index in [2.05, 4.69) is 10.2 Å². The fraction of sp³-hybridized carbons (Fsp3) is 0.425. The van der Waals surface area contributed by atoms with Crippen molar-refractivity contribution in [1.82, 2.24) is 9.47 Å². The van der Waals surface area contributed by atoms with Crippen molar-refractivity contribution in [3.8, 4) is 5.75 Å². The highest BCUT2D eigenvalue weighted by molar-refractivity contribution is 6.00. The smallest absolute Gasteiger partial charge is 0.419 e. The lowest BCUT2D eigenvalue weighted by atomic mass is 9.59. The number of benzene rings is 3. The van der Waals surface area contributed by atoms with Crippen LogP contribution < -0.4 is 10.1 Å². The van der Waals surface area contributed by atoms with E-state index in [0.29, 0.717) is 37.2 Å². The Bertz CT molecular complexity index is 1980.